The van der Waals surface area contributed by atoms with Gasteiger partial charge in [-0.15, -0.1) is 0 Å². The number of rotatable bonds is 4. The van der Waals surface area contributed by atoms with Gasteiger partial charge >= 0.3 is 0 Å². The molecule has 0 amide bonds. The molecule has 2 heterocycles. The smallest absolute Gasteiger partial charge is 0.240 e. The summed E-state index contributed by atoms with van der Waals surface area (Å²) < 4.78 is 7.84. The summed E-state index contributed by atoms with van der Waals surface area (Å²) in [6, 6.07) is 25.1. The van der Waals surface area contributed by atoms with Gasteiger partial charge in [0, 0.05) is 11.8 Å². The summed E-state index contributed by atoms with van der Waals surface area (Å²) in [5, 5.41) is 6.05. The van der Waals surface area contributed by atoms with E-state index in [9.17, 15) is 0 Å². The Morgan fingerprint density at radius 2 is 1.61 bits per heavy atom. The van der Waals surface area contributed by atoms with Crippen LogP contribution in [0.5, 0.6) is 5.75 Å². The average molecular weight is 368 g/mol. The maximum Gasteiger partial charge on any atom is 0.240 e. The van der Waals surface area contributed by atoms with Crippen molar-refractivity contribution in [2.45, 2.75) is 6.92 Å². The number of pyridine rings is 1. The van der Waals surface area contributed by atoms with E-state index in [4.69, 9.17) is 4.74 Å². The van der Waals surface area contributed by atoms with E-state index in [2.05, 4.69) is 82.6 Å². The van der Waals surface area contributed by atoms with Crippen molar-refractivity contribution < 1.29 is 9.30 Å². The van der Waals surface area contributed by atoms with Gasteiger partial charge in [-0.3, -0.25) is 0 Å². The summed E-state index contributed by atoms with van der Waals surface area (Å²) in [6.07, 6.45) is 0. The summed E-state index contributed by atoms with van der Waals surface area (Å²) in [7, 11) is 2.13. The summed E-state index contributed by atoms with van der Waals surface area (Å²) in [4.78, 5) is 3.62. The number of aromatic nitrogens is 2. The fourth-order valence-electron chi connectivity index (χ4n) is 3.96. The summed E-state index contributed by atoms with van der Waals surface area (Å²) in [5.41, 5.74) is 6.75. The number of para-hydroxylation sites is 2. The highest BCUT2D eigenvalue weighted by molar-refractivity contribution is 6.13. The highest BCUT2D eigenvalue weighted by Crippen LogP contribution is 2.35. The third-order valence-corrected chi connectivity index (χ3v) is 5.23. The number of nitrogens with one attached hydrogen (secondary N) is 2. The molecule has 0 radical (unpaired) electrons. The molecule has 0 unspecified atom stereocenters. The molecule has 0 spiro atoms. The number of ether oxygens (including phenoxy) is 1. The van der Waals surface area contributed by atoms with Gasteiger partial charge < -0.3 is 15.0 Å². The molecule has 4 heteroatoms. The molecule has 5 aromatic rings. The van der Waals surface area contributed by atoms with Gasteiger partial charge in [-0.2, -0.15) is 4.57 Å². The molecule has 0 atom stereocenters. The second-order valence-corrected chi connectivity index (χ2v) is 6.93. The van der Waals surface area contributed by atoms with Crippen molar-refractivity contribution in [2.24, 2.45) is 7.05 Å². The lowest BCUT2D eigenvalue weighted by atomic mass is 10.1. The van der Waals surface area contributed by atoms with E-state index in [0.29, 0.717) is 6.61 Å². The predicted molar refractivity (Wildman–Crippen MR) is 115 cm³/mol. The highest BCUT2D eigenvalue weighted by Gasteiger charge is 2.22. The van der Waals surface area contributed by atoms with Gasteiger partial charge in [-0.05, 0) is 49.4 Å². The van der Waals surface area contributed by atoms with Crippen LogP contribution in [0.4, 0.5) is 11.4 Å². The number of aryl methyl sites for hydroxylation is 1. The molecule has 0 saturated carbocycles. The minimum absolute atomic E-state index is 0.669. The third-order valence-electron chi connectivity index (χ3n) is 5.23. The standard InChI is InChI=1S/C24H21N3O/c1-3-28-17-14-12-16(13-15-17)25-22-19-9-5-7-11-21(19)27(2)24-18-8-4-6-10-20(18)26-23(22)24/h4-15H,3H2,1-2H3,(H,25,26)/p+1. The van der Waals surface area contributed by atoms with E-state index in [-0.39, 0.29) is 0 Å². The maximum absolute atomic E-state index is 5.57. The molecule has 2 N–H and O–H groups in total. The van der Waals surface area contributed by atoms with Crippen LogP contribution < -0.4 is 14.6 Å². The highest BCUT2D eigenvalue weighted by atomic mass is 16.5. The third kappa shape index (κ3) is 2.57. The Hall–Kier alpha value is -3.53. The number of aromatic amines is 1. The molecule has 28 heavy (non-hydrogen) atoms. The van der Waals surface area contributed by atoms with Crippen molar-refractivity contribution in [1.82, 2.24) is 4.98 Å². The minimum Gasteiger partial charge on any atom is -0.494 e. The van der Waals surface area contributed by atoms with E-state index in [1.165, 1.54) is 21.8 Å². The normalized spacial score (nSPS) is 11.4. The lowest BCUT2D eigenvalue weighted by Crippen LogP contribution is -2.30. The Kier molecular flexibility index (Phi) is 3.90. The molecule has 0 bridgehead atoms. The van der Waals surface area contributed by atoms with Gasteiger partial charge in [0.1, 0.15) is 18.3 Å². The molecule has 4 nitrogen and oxygen atoms in total. The molecule has 3 aromatic carbocycles. The number of benzene rings is 3. The fourth-order valence-corrected chi connectivity index (χ4v) is 3.96. The van der Waals surface area contributed by atoms with Crippen LogP contribution in [0.3, 0.4) is 0 Å². The van der Waals surface area contributed by atoms with Crippen molar-refractivity contribution in [1.29, 1.82) is 0 Å². The molecule has 0 aliphatic rings. The van der Waals surface area contributed by atoms with Crippen molar-refractivity contribution in [3.05, 3.63) is 72.8 Å². The minimum atomic E-state index is 0.669. The van der Waals surface area contributed by atoms with E-state index < -0.39 is 0 Å². The predicted octanol–water partition coefficient (Wildman–Crippen LogP) is 5.44. The zero-order chi connectivity index (χ0) is 19.1. The first-order valence-corrected chi connectivity index (χ1v) is 9.57. The number of hydrogen-bond acceptors (Lipinski definition) is 2. The summed E-state index contributed by atoms with van der Waals surface area (Å²) in [6.45, 7) is 2.66. The van der Waals surface area contributed by atoms with Crippen LogP contribution >= 0.6 is 0 Å². The van der Waals surface area contributed by atoms with Gasteiger partial charge in [0.15, 0.2) is 0 Å². The van der Waals surface area contributed by atoms with E-state index in [1.54, 1.807) is 0 Å². The van der Waals surface area contributed by atoms with E-state index >= 15 is 0 Å². The molecular formula is C24H22N3O+. The lowest BCUT2D eigenvalue weighted by molar-refractivity contribution is -0.616. The zero-order valence-corrected chi connectivity index (χ0v) is 16.0. The van der Waals surface area contributed by atoms with E-state index in [0.717, 1.165) is 28.2 Å². The topological polar surface area (TPSA) is 40.9 Å². The molecule has 138 valence electrons. The molecule has 0 saturated heterocycles. The Morgan fingerprint density at radius 3 is 2.39 bits per heavy atom. The number of fused-ring (bicyclic) bond motifs is 4. The second kappa shape index (κ2) is 6.57. The van der Waals surface area contributed by atoms with Gasteiger partial charge in [-0.25, -0.2) is 0 Å². The van der Waals surface area contributed by atoms with Crippen molar-refractivity contribution in [3.8, 4) is 5.75 Å². The number of H-pyrrole nitrogens is 1. The van der Waals surface area contributed by atoms with Crippen LogP contribution in [-0.4, -0.2) is 11.6 Å². The van der Waals surface area contributed by atoms with Crippen LogP contribution in [0.15, 0.2) is 72.8 Å². The molecule has 0 fully saturated rings. The number of nitrogens with zero attached hydrogens (tertiary/aromatic N) is 1. The monoisotopic (exact) mass is 368 g/mol. The summed E-state index contributed by atoms with van der Waals surface area (Å²) in [5.74, 6) is 0.883. The number of anilines is 2. The molecule has 0 aliphatic carbocycles. The maximum atomic E-state index is 5.57. The van der Waals surface area contributed by atoms with Crippen molar-refractivity contribution >= 4 is 44.2 Å². The molecular weight excluding hydrogens is 346 g/mol. The largest absolute Gasteiger partial charge is 0.494 e. The van der Waals surface area contributed by atoms with Crippen molar-refractivity contribution in [2.75, 3.05) is 11.9 Å². The average Bonchev–Trinajstić information content (AvgIpc) is 3.12. The first-order chi connectivity index (χ1) is 13.8. The first-order valence-electron chi connectivity index (χ1n) is 9.57. The quantitative estimate of drug-likeness (QED) is 0.415. The van der Waals surface area contributed by atoms with Gasteiger partial charge in [0.05, 0.1) is 28.6 Å². The number of hydrogen-bond donors (Lipinski definition) is 2. The Balaban J connectivity index is 1.77. The summed E-state index contributed by atoms with van der Waals surface area (Å²) >= 11 is 0. The SMILES string of the molecule is CCOc1ccc(Nc2c3ccccc3[n+](C)c3c2[nH]c2ccccc23)cc1. The molecule has 2 aromatic heterocycles. The van der Waals surface area contributed by atoms with Crippen LogP contribution in [0.25, 0.3) is 32.8 Å². The van der Waals surface area contributed by atoms with E-state index in [1.807, 2.05) is 19.1 Å². The zero-order valence-electron chi connectivity index (χ0n) is 16.0. The fraction of sp³-hybridized carbons (Fsp3) is 0.125. The van der Waals surface area contributed by atoms with Gasteiger partial charge in [0.25, 0.3) is 0 Å². The van der Waals surface area contributed by atoms with Crippen molar-refractivity contribution in [3.63, 3.8) is 0 Å². The van der Waals surface area contributed by atoms with Crippen LogP contribution in [0, 0.1) is 0 Å². The molecule has 5 rings (SSSR count). The Morgan fingerprint density at radius 1 is 0.893 bits per heavy atom. The van der Waals surface area contributed by atoms with Gasteiger partial charge in [-0.1, -0.05) is 24.3 Å². The Labute approximate surface area is 163 Å². The lowest BCUT2D eigenvalue weighted by Gasteiger charge is -2.11. The Bertz CT molecular complexity index is 1300. The first kappa shape index (κ1) is 16.6. The second-order valence-electron chi connectivity index (χ2n) is 6.93. The van der Waals surface area contributed by atoms with Crippen LogP contribution in [-0.2, 0) is 7.05 Å². The van der Waals surface area contributed by atoms with Gasteiger partial charge in [0.2, 0.25) is 11.0 Å². The van der Waals surface area contributed by atoms with Crippen LogP contribution in [0.2, 0.25) is 0 Å². The molecule has 0 aliphatic heterocycles. The van der Waals surface area contributed by atoms with Crippen LogP contribution in [0.1, 0.15) is 6.92 Å².